The number of benzene rings is 2. The third-order valence-corrected chi connectivity index (χ3v) is 3.29. The first-order valence-electron chi connectivity index (χ1n) is 6.25. The van der Waals surface area contributed by atoms with Gasteiger partial charge in [0, 0.05) is 0 Å². The molecule has 1 aliphatic heterocycles. The van der Waals surface area contributed by atoms with Gasteiger partial charge in [-0.15, -0.1) is 0 Å². The van der Waals surface area contributed by atoms with Crippen LogP contribution in [-0.4, -0.2) is 6.92 Å². The highest BCUT2D eigenvalue weighted by atomic mass is 16.5. The Balaban J connectivity index is 1.80. The Labute approximate surface area is 108 Å². The Morgan fingerprint density at radius 1 is 1.11 bits per heavy atom. The van der Waals surface area contributed by atoms with Crippen LogP contribution in [0.25, 0.3) is 0 Å². The molecule has 3 rings (SSSR count). The van der Waals surface area contributed by atoms with Crippen LogP contribution in [0.5, 0.6) is 5.75 Å². The van der Waals surface area contributed by atoms with Gasteiger partial charge in [0.15, 0.2) is 0 Å². The normalized spacial score (nSPS) is 13.5. The van der Waals surface area contributed by atoms with Crippen LogP contribution in [0, 0.1) is 0 Å². The minimum Gasteiger partial charge on any atom is -0.489 e. The number of rotatable bonds is 3. The predicted molar refractivity (Wildman–Crippen MR) is 73.3 cm³/mol. The molecule has 0 N–H and O–H groups in total. The van der Waals surface area contributed by atoms with Crippen molar-refractivity contribution < 1.29 is 9.39 Å². The average Bonchev–Trinajstić information content (AvgIpc) is 2.80. The van der Waals surface area contributed by atoms with Gasteiger partial charge in [0.2, 0.25) is 0 Å². The highest BCUT2D eigenvalue weighted by molar-refractivity contribution is 6.68. The Morgan fingerprint density at radius 2 is 1.94 bits per heavy atom. The first kappa shape index (κ1) is 11.4. The molecule has 1 aliphatic rings. The van der Waals surface area contributed by atoms with Crippen molar-refractivity contribution in [3.8, 4) is 5.75 Å². The van der Waals surface area contributed by atoms with Gasteiger partial charge in [-0.25, -0.2) is 0 Å². The smallest absolute Gasteiger partial charge is 0.327 e. The largest absolute Gasteiger partial charge is 0.489 e. The molecular formula is C15H15BO2. The quantitative estimate of drug-likeness (QED) is 0.765. The van der Waals surface area contributed by atoms with Crippen LogP contribution in [-0.2, 0) is 17.9 Å². The Bertz CT molecular complexity index is 539. The van der Waals surface area contributed by atoms with Crippen LogP contribution in [0.3, 0.4) is 0 Å². The molecule has 0 bridgehead atoms. The summed E-state index contributed by atoms with van der Waals surface area (Å²) >= 11 is 0. The Kier molecular flexibility index (Phi) is 3.07. The van der Waals surface area contributed by atoms with Crippen molar-refractivity contribution >= 4 is 12.4 Å². The van der Waals surface area contributed by atoms with E-state index in [9.17, 15) is 0 Å². The topological polar surface area (TPSA) is 18.5 Å². The standard InChI is InChI=1S/C15H15BO2/c1-16-15-13(11-18-16)8-5-9-14(15)17-10-12-6-3-2-4-7-12/h2-9H,10-11H2,1H3. The van der Waals surface area contributed by atoms with Gasteiger partial charge in [-0.3, -0.25) is 0 Å². The summed E-state index contributed by atoms with van der Waals surface area (Å²) in [5.41, 5.74) is 3.63. The Morgan fingerprint density at radius 3 is 2.78 bits per heavy atom. The highest BCUT2D eigenvalue weighted by Gasteiger charge is 2.26. The van der Waals surface area contributed by atoms with E-state index in [1.54, 1.807) is 0 Å². The van der Waals surface area contributed by atoms with E-state index >= 15 is 0 Å². The molecule has 0 aromatic heterocycles. The van der Waals surface area contributed by atoms with E-state index in [-0.39, 0.29) is 6.92 Å². The van der Waals surface area contributed by atoms with Gasteiger partial charge in [-0.1, -0.05) is 49.3 Å². The minimum absolute atomic E-state index is 0.131. The van der Waals surface area contributed by atoms with Crippen molar-refractivity contribution in [3.63, 3.8) is 0 Å². The summed E-state index contributed by atoms with van der Waals surface area (Å²) in [5, 5.41) is 0. The molecule has 0 spiro atoms. The van der Waals surface area contributed by atoms with Gasteiger partial charge in [-0.2, -0.15) is 0 Å². The van der Waals surface area contributed by atoms with Crippen LogP contribution in [0.2, 0.25) is 6.82 Å². The lowest BCUT2D eigenvalue weighted by atomic mass is 9.64. The van der Waals surface area contributed by atoms with Crippen LogP contribution in [0.4, 0.5) is 0 Å². The maximum absolute atomic E-state index is 5.93. The zero-order valence-electron chi connectivity index (χ0n) is 10.4. The lowest BCUT2D eigenvalue weighted by Crippen LogP contribution is -2.26. The maximum atomic E-state index is 5.93. The van der Waals surface area contributed by atoms with Gasteiger partial charge < -0.3 is 9.39 Å². The number of hydrogen-bond acceptors (Lipinski definition) is 2. The van der Waals surface area contributed by atoms with Gasteiger partial charge in [0.05, 0.1) is 6.61 Å². The van der Waals surface area contributed by atoms with Crippen molar-refractivity contribution in [1.29, 1.82) is 0 Å². The molecule has 2 nitrogen and oxygen atoms in total. The SMILES string of the molecule is CB1OCc2cccc(OCc3ccccc3)c21. The van der Waals surface area contributed by atoms with Gasteiger partial charge in [0.1, 0.15) is 12.4 Å². The van der Waals surface area contributed by atoms with E-state index in [0.717, 1.165) is 5.75 Å². The van der Waals surface area contributed by atoms with Crippen LogP contribution in [0.1, 0.15) is 11.1 Å². The first-order valence-corrected chi connectivity index (χ1v) is 6.25. The summed E-state index contributed by atoms with van der Waals surface area (Å²) in [6.45, 7) is 3.50. The van der Waals surface area contributed by atoms with Crippen LogP contribution >= 0.6 is 0 Å². The van der Waals surface area contributed by atoms with E-state index < -0.39 is 0 Å². The van der Waals surface area contributed by atoms with Crippen molar-refractivity contribution in [2.45, 2.75) is 20.0 Å². The molecule has 90 valence electrons. The van der Waals surface area contributed by atoms with Crippen molar-refractivity contribution in [2.24, 2.45) is 0 Å². The van der Waals surface area contributed by atoms with E-state index in [1.807, 2.05) is 30.3 Å². The average molecular weight is 238 g/mol. The zero-order chi connectivity index (χ0) is 12.4. The second-order valence-corrected chi connectivity index (χ2v) is 4.56. The Hall–Kier alpha value is -1.74. The number of ether oxygens (including phenoxy) is 1. The fourth-order valence-electron chi connectivity index (χ4n) is 2.34. The summed E-state index contributed by atoms with van der Waals surface area (Å²) in [6.07, 6.45) is 0. The fourth-order valence-corrected chi connectivity index (χ4v) is 2.34. The summed E-state index contributed by atoms with van der Waals surface area (Å²) < 4.78 is 11.6. The lowest BCUT2D eigenvalue weighted by molar-refractivity contribution is 0.308. The molecule has 0 saturated heterocycles. The molecule has 0 unspecified atom stereocenters. The first-order chi connectivity index (χ1) is 8.84. The van der Waals surface area contributed by atoms with Gasteiger partial charge in [0.25, 0.3) is 0 Å². The van der Waals surface area contributed by atoms with Crippen LogP contribution < -0.4 is 10.2 Å². The molecule has 0 atom stereocenters. The molecule has 0 fully saturated rings. The molecular weight excluding hydrogens is 223 g/mol. The van der Waals surface area contributed by atoms with Crippen molar-refractivity contribution in [3.05, 3.63) is 59.7 Å². The van der Waals surface area contributed by atoms with E-state index in [2.05, 4.69) is 25.0 Å². The molecule has 0 amide bonds. The maximum Gasteiger partial charge on any atom is 0.327 e. The van der Waals surface area contributed by atoms with Crippen LogP contribution in [0.15, 0.2) is 48.5 Å². The number of hydrogen-bond donors (Lipinski definition) is 0. The molecule has 3 heteroatoms. The molecule has 2 aromatic rings. The van der Waals surface area contributed by atoms with E-state index in [4.69, 9.17) is 9.39 Å². The summed E-state index contributed by atoms with van der Waals surface area (Å²) in [7, 11) is 0. The molecule has 18 heavy (non-hydrogen) atoms. The molecule has 1 heterocycles. The zero-order valence-corrected chi connectivity index (χ0v) is 10.4. The highest BCUT2D eigenvalue weighted by Crippen LogP contribution is 2.19. The third-order valence-electron chi connectivity index (χ3n) is 3.29. The van der Waals surface area contributed by atoms with Gasteiger partial charge >= 0.3 is 6.92 Å². The third kappa shape index (κ3) is 2.14. The van der Waals surface area contributed by atoms with E-state index in [0.29, 0.717) is 13.2 Å². The summed E-state index contributed by atoms with van der Waals surface area (Å²) in [4.78, 5) is 0. The van der Waals surface area contributed by atoms with Gasteiger partial charge in [-0.05, 0) is 22.7 Å². The lowest BCUT2D eigenvalue weighted by Gasteiger charge is -2.11. The van der Waals surface area contributed by atoms with Crippen molar-refractivity contribution in [2.75, 3.05) is 0 Å². The monoisotopic (exact) mass is 238 g/mol. The van der Waals surface area contributed by atoms with Crippen molar-refractivity contribution in [1.82, 2.24) is 0 Å². The molecule has 0 radical (unpaired) electrons. The fraction of sp³-hybridized carbons (Fsp3) is 0.200. The minimum atomic E-state index is 0.131. The van der Waals surface area contributed by atoms with E-state index in [1.165, 1.54) is 16.6 Å². The second kappa shape index (κ2) is 4.87. The molecule has 0 aliphatic carbocycles. The molecule has 2 aromatic carbocycles. The predicted octanol–water partition coefficient (Wildman–Crippen LogP) is 2.62. The second-order valence-electron chi connectivity index (χ2n) is 4.56. The molecule has 0 saturated carbocycles. The number of fused-ring (bicyclic) bond motifs is 1. The summed E-state index contributed by atoms with van der Waals surface area (Å²) in [5.74, 6) is 0.946. The summed E-state index contributed by atoms with van der Waals surface area (Å²) in [6, 6.07) is 16.4.